The van der Waals surface area contributed by atoms with Crippen LogP contribution >= 0.6 is 0 Å². The molecule has 0 spiro atoms. The summed E-state index contributed by atoms with van der Waals surface area (Å²) in [5, 5.41) is 3.71. The molecule has 0 radical (unpaired) electrons. The van der Waals surface area contributed by atoms with Crippen molar-refractivity contribution in [1.82, 2.24) is 0 Å². The molecular formula is C16H23N3. The van der Waals surface area contributed by atoms with Gasteiger partial charge in [-0.2, -0.15) is 0 Å². The third-order valence-corrected chi connectivity index (χ3v) is 7.39. The lowest BCUT2D eigenvalue weighted by Crippen LogP contribution is -2.56. The van der Waals surface area contributed by atoms with Gasteiger partial charge in [0.2, 0.25) is 0 Å². The fourth-order valence-corrected chi connectivity index (χ4v) is 5.22. The van der Waals surface area contributed by atoms with Crippen LogP contribution in [0.5, 0.6) is 0 Å². The summed E-state index contributed by atoms with van der Waals surface area (Å²) < 4.78 is 0. The Labute approximate surface area is 114 Å². The summed E-state index contributed by atoms with van der Waals surface area (Å²) >= 11 is 0. The standard InChI is InChI=1S/C6H10.C5H7N3.C5H6/c1-6-2-5(3-6)4-6;6-8-7-5-1-4(2-5)3-5;1-4-2-5(1,4)3-4/h5H,2-4H2,1H3;4H,1-3H2;1-3H2. The molecular weight excluding hydrogens is 234 g/mol. The molecule has 3 nitrogen and oxygen atoms in total. The van der Waals surface area contributed by atoms with E-state index in [1.807, 2.05) is 0 Å². The van der Waals surface area contributed by atoms with Crippen molar-refractivity contribution in [2.45, 2.75) is 70.3 Å². The lowest BCUT2D eigenvalue weighted by molar-refractivity contribution is -0.0882. The van der Waals surface area contributed by atoms with E-state index < -0.39 is 0 Å². The number of hydrogen-bond acceptors (Lipinski definition) is 1. The van der Waals surface area contributed by atoms with Crippen LogP contribution in [0.3, 0.4) is 0 Å². The minimum Gasteiger partial charge on any atom is -0.0872 e. The topological polar surface area (TPSA) is 48.8 Å². The van der Waals surface area contributed by atoms with Crippen molar-refractivity contribution in [1.29, 1.82) is 0 Å². The summed E-state index contributed by atoms with van der Waals surface area (Å²) in [6, 6.07) is 0. The Morgan fingerprint density at radius 2 is 1.26 bits per heavy atom. The van der Waals surface area contributed by atoms with E-state index >= 15 is 0 Å². The van der Waals surface area contributed by atoms with Gasteiger partial charge in [0.1, 0.15) is 0 Å². The van der Waals surface area contributed by atoms with Crippen molar-refractivity contribution in [2.75, 3.05) is 0 Å². The zero-order valence-electron chi connectivity index (χ0n) is 11.9. The molecule has 0 unspecified atom stereocenters. The Morgan fingerprint density at radius 1 is 0.895 bits per heavy atom. The van der Waals surface area contributed by atoms with Gasteiger partial charge >= 0.3 is 0 Å². The van der Waals surface area contributed by atoms with Crippen LogP contribution in [-0.2, 0) is 0 Å². The molecule has 19 heavy (non-hydrogen) atoms. The Kier molecular flexibility index (Phi) is 1.64. The van der Waals surface area contributed by atoms with Crippen molar-refractivity contribution < 1.29 is 0 Å². The second kappa shape index (κ2) is 2.83. The number of nitrogens with zero attached hydrogens (tertiary/aromatic N) is 3. The van der Waals surface area contributed by atoms with E-state index in [4.69, 9.17) is 5.53 Å². The third-order valence-electron chi connectivity index (χ3n) is 7.39. The highest BCUT2D eigenvalue weighted by Gasteiger charge is 2.97. The fraction of sp³-hybridized carbons (Fsp3) is 1.00. The van der Waals surface area contributed by atoms with Gasteiger partial charge in [-0.3, -0.25) is 0 Å². The van der Waals surface area contributed by atoms with Crippen LogP contribution in [0.25, 0.3) is 10.4 Å². The second-order valence-corrected chi connectivity index (χ2v) is 9.27. The molecule has 0 saturated heterocycles. The van der Waals surface area contributed by atoms with E-state index in [1.54, 1.807) is 38.5 Å². The van der Waals surface area contributed by atoms with Crippen molar-refractivity contribution in [3.8, 4) is 0 Å². The van der Waals surface area contributed by atoms with Crippen LogP contribution in [0.1, 0.15) is 64.7 Å². The minimum atomic E-state index is 0.124. The summed E-state index contributed by atoms with van der Waals surface area (Å²) in [7, 11) is 0. The number of azide groups is 1. The highest BCUT2D eigenvalue weighted by atomic mass is 15.2. The minimum absolute atomic E-state index is 0.124. The Hall–Kier alpha value is -0.690. The van der Waals surface area contributed by atoms with Gasteiger partial charge in [-0.1, -0.05) is 12.0 Å². The second-order valence-electron chi connectivity index (χ2n) is 9.27. The van der Waals surface area contributed by atoms with Crippen molar-refractivity contribution >= 4 is 0 Å². The molecule has 3 heteroatoms. The van der Waals surface area contributed by atoms with Crippen LogP contribution < -0.4 is 0 Å². The van der Waals surface area contributed by atoms with Crippen LogP contribution in [0.4, 0.5) is 0 Å². The average Bonchev–Trinajstić information content (AvgIpc) is 2.93. The third kappa shape index (κ3) is 1.38. The molecule has 9 aliphatic rings. The van der Waals surface area contributed by atoms with Crippen molar-refractivity contribution in [2.24, 2.45) is 33.2 Å². The smallest absolute Gasteiger partial charge is 0.0496 e. The summed E-state index contributed by atoms with van der Waals surface area (Å²) in [4.78, 5) is 2.79. The lowest BCUT2D eigenvalue weighted by atomic mass is 9.46. The number of rotatable bonds is 1. The van der Waals surface area contributed by atoms with Crippen LogP contribution in [0.2, 0.25) is 0 Å². The Morgan fingerprint density at radius 3 is 1.32 bits per heavy atom. The molecule has 4 bridgehead atoms. The molecule has 0 N–H and O–H groups in total. The van der Waals surface area contributed by atoms with Crippen LogP contribution in [0.15, 0.2) is 5.11 Å². The Bertz CT molecular complexity index is 450. The van der Waals surface area contributed by atoms with Crippen molar-refractivity contribution in [3.05, 3.63) is 10.4 Å². The Balaban J connectivity index is 0.0000000712. The first-order valence-corrected chi connectivity index (χ1v) is 8.07. The molecule has 0 aromatic heterocycles. The highest BCUT2D eigenvalue weighted by molar-refractivity contribution is 5.46. The molecule has 9 fully saturated rings. The quantitative estimate of drug-likeness (QED) is 0.367. The van der Waals surface area contributed by atoms with E-state index in [0.717, 1.165) is 41.4 Å². The number of hydrogen-bond donors (Lipinski definition) is 0. The lowest BCUT2D eigenvalue weighted by Gasteiger charge is -2.60. The van der Waals surface area contributed by atoms with Gasteiger partial charge in [0.25, 0.3) is 0 Å². The van der Waals surface area contributed by atoms with E-state index in [-0.39, 0.29) is 5.54 Å². The maximum Gasteiger partial charge on any atom is 0.0496 e. The summed E-state index contributed by atoms with van der Waals surface area (Å²) in [6.07, 6.45) is 13.0. The molecule has 0 aliphatic heterocycles. The van der Waals surface area contributed by atoms with E-state index in [0.29, 0.717) is 0 Å². The molecule has 9 rings (SSSR count). The van der Waals surface area contributed by atoms with Gasteiger partial charge < -0.3 is 0 Å². The average molecular weight is 257 g/mol. The first kappa shape index (κ1) is 11.0. The van der Waals surface area contributed by atoms with E-state index in [1.165, 1.54) is 5.92 Å². The molecule has 9 aliphatic carbocycles. The van der Waals surface area contributed by atoms with Gasteiger partial charge in [-0.25, -0.2) is 0 Å². The molecule has 0 aromatic carbocycles. The van der Waals surface area contributed by atoms with Gasteiger partial charge in [0, 0.05) is 10.5 Å². The zero-order valence-corrected chi connectivity index (χ0v) is 11.9. The molecule has 9 saturated carbocycles. The molecule has 0 heterocycles. The first-order valence-electron chi connectivity index (χ1n) is 8.07. The molecule has 0 amide bonds. The maximum absolute atomic E-state index is 8.05. The normalized spacial score (nSPS) is 64.1. The summed E-state index contributed by atoms with van der Waals surface area (Å²) in [5.41, 5.74) is 11.2. The SMILES string of the molecule is C1C23CC12C3.CC12CC(C1)C2.[N-]=[N+]=NC12CC(C1)C2. The largest absolute Gasteiger partial charge is 0.0872 e. The van der Waals surface area contributed by atoms with Gasteiger partial charge in [0.05, 0.1) is 0 Å². The molecule has 0 aromatic rings. The predicted octanol–water partition coefficient (Wildman–Crippen LogP) is 4.83. The van der Waals surface area contributed by atoms with Crippen molar-refractivity contribution in [3.63, 3.8) is 0 Å². The zero-order chi connectivity index (χ0) is 12.9. The predicted molar refractivity (Wildman–Crippen MR) is 73.4 cm³/mol. The maximum atomic E-state index is 8.05. The van der Waals surface area contributed by atoms with Gasteiger partial charge in [0.15, 0.2) is 0 Å². The van der Waals surface area contributed by atoms with Crippen LogP contribution in [-0.4, -0.2) is 5.54 Å². The van der Waals surface area contributed by atoms with Gasteiger partial charge in [-0.05, 0) is 91.4 Å². The summed E-state index contributed by atoms with van der Waals surface area (Å²) in [5.74, 6) is 2.09. The van der Waals surface area contributed by atoms with Crippen LogP contribution in [0, 0.1) is 28.1 Å². The fourth-order valence-electron chi connectivity index (χ4n) is 5.22. The monoisotopic (exact) mass is 257 g/mol. The molecule has 102 valence electrons. The molecule has 0 atom stereocenters. The van der Waals surface area contributed by atoms with E-state index in [9.17, 15) is 0 Å². The van der Waals surface area contributed by atoms with Gasteiger partial charge in [-0.15, -0.1) is 0 Å². The first-order chi connectivity index (χ1) is 9.00. The highest BCUT2D eigenvalue weighted by Crippen LogP contribution is 3.06. The van der Waals surface area contributed by atoms with E-state index in [2.05, 4.69) is 16.9 Å². The summed E-state index contributed by atoms with van der Waals surface area (Å²) in [6.45, 7) is 2.40.